The first kappa shape index (κ1) is 15.5. The topological polar surface area (TPSA) is 67.6 Å². The number of likely N-dealkylation sites (N-methyl/N-ethyl adjacent to an activating group) is 1. The minimum atomic E-state index is -0.151. The molecule has 0 unspecified atom stereocenters. The fraction of sp³-hybridized carbons (Fsp3) is 0.500. The summed E-state index contributed by atoms with van der Waals surface area (Å²) >= 11 is 0. The molecule has 0 bridgehead atoms. The van der Waals surface area contributed by atoms with Crippen molar-refractivity contribution in [2.75, 3.05) is 25.5 Å². The number of benzene rings is 1. The number of anilines is 1. The maximum absolute atomic E-state index is 11.9. The Balaban J connectivity index is 2.44. The lowest BCUT2D eigenvalue weighted by Crippen LogP contribution is -2.34. The summed E-state index contributed by atoms with van der Waals surface area (Å²) in [5.41, 5.74) is 7.31. The molecule has 5 nitrogen and oxygen atoms in total. The van der Waals surface area contributed by atoms with Crippen LogP contribution in [0.1, 0.15) is 19.4 Å². The van der Waals surface area contributed by atoms with Crippen molar-refractivity contribution in [3.05, 3.63) is 29.8 Å². The van der Waals surface area contributed by atoms with Gasteiger partial charge in [-0.25, -0.2) is 4.79 Å². The van der Waals surface area contributed by atoms with Crippen molar-refractivity contribution >= 4 is 11.7 Å². The van der Waals surface area contributed by atoms with E-state index in [4.69, 9.17) is 10.5 Å². The van der Waals surface area contributed by atoms with Crippen molar-refractivity contribution in [1.29, 1.82) is 0 Å². The smallest absolute Gasteiger partial charge is 0.321 e. The second-order valence-corrected chi connectivity index (χ2v) is 4.68. The van der Waals surface area contributed by atoms with Crippen molar-refractivity contribution in [2.24, 2.45) is 5.73 Å². The van der Waals surface area contributed by atoms with Gasteiger partial charge in [0.05, 0.1) is 12.7 Å². The molecule has 0 aliphatic rings. The summed E-state index contributed by atoms with van der Waals surface area (Å²) in [6.45, 7) is 5.49. The molecular formula is C14H23N3O2. The van der Waals surface area contributed by atoms with Crippen LogP contribution >= 0.6 is 0 Å². The lowest BCUT2D eigenvalue weighted by molar-refractivity contribution is 0.0691. The van der Waals surface area contributed by atoms with E-state index in [2.05, 4.69) is 5.32 Å². The van der Waals surface area contributed by atoms with Gasteiger partial charge in [0.25, 0.3) is 0 Å². The highest BCUT2D eigenvalue weighted by Crippen LogP contribution is 2.10. The zero-order chi connectivity index (χ0) is 14.3. The van der Waals surface area contributed by atoms with E-state index < -0.39 is 0 Å². The molecule has 0 radical (unpaired) electrons. The first-order valence-corrected chi connectivity index (χ1v) is 6.45. The number of carbonyl (C=O) groups is 1. The van der Waals surface area contributed by atoms with E-state index in [1.54, 1.807) is 11.9 Å². The fourth-order valence-electron chi connectivity index (χ4n) is 1.52. The van der Waals surface area contributed by atoms with Crippen LogP contribution < -0.4 is 11.1 Å². The maximum Gasteiger partial charge on any atom is 0.321 e. The molecule has 1 rings (SSSR count). The van der Waals surface area contributed by atoms with E-state index in [1.165, 1.54) is 0 Å². The minimum Gasteiger partial charge on any atom is -0.377 e. The Kier molecular flexibility index (Phi) is 6.32. The molecule has 3 N–H and O–H groups in total. The molecule has 106 valence electrons. The Morgan fingerprint density at radius 1 is 1.47 bits per heavy atom. The van der Waals surface area contributed by atoms with Crippen molar-refractivity contribution in [3.63, 3.8) is 0 Å². The Hall–Kier alpha value is -1.59. The molecular weight excluding hydrogens is 242 g/mol. The third kappa shape index (κ3) is 5.72. The van der Waals surface area contributed by atoms with Gasteiger partial charge in [0.15, 0.2) is 0 Å². The Morgan fingerprint density at radius 3 is 2.84 bits per heavy atom. The van der Waals surface area contributed by atoms with Gasteiger partial charge in [-0.3, -0.25) is 0 Å². The Labute approximate surface area is 114 Å². The number of hydrogen-bond acceptors (Lipinski definition) is 3. The molecule has 0 saturated heterocycles. The SMILES string of the molecule is CC(C)OCCN(C)C(=O)Nc1cccc(CN)c1. The van der Waals surface area contributed by atoms with Crippen LogP contribution in [0.4, 0.5) is 10.5 Å². The highest BCUT2D eigenvalue weighted by atomic mass is 16.5. The molecule has 2 amide bonds. The number of nitrogens with one attached hydrogen (secondary N) is 1. The zero-order valence-electron chi connectivity index (χ0n) is 11.8. The molecule has 0 atom stereocenters. The summed E-state index contributed by atoms with van der Waals surface area (Å²) < 4.78 is 5.41. The van der Waals surface area contributed by atoms with E-state index in [0.29, 0.717) is 19.7 Å². The highest BCUT2D eigenvalue weighted by Gasteiger charge is 2.08. The average Bonchev–Trinajstić information content (AvgIpc) is 2.38. The molecule has 0 aliphatic carbocycles. The highest BCUT2D eigenvalue weighted by molar-refractivity contribution is 5.89. The van der Waals surface area contributed by atoms with Crippen LogP contribution in [-0.4, -0.2) is 37.2 Å². The van der Waals surface area contributed by atoms with Gasteiger partial charge in [0.1, 0.15) is 0 Å². The van der Waals surface area contributed by atoms with Crippen molar-refractivity contribution in [3.8, 4) is 0 Å². The summed E-state index contributed by atoms with van der Waals surface area (Å²) in [6.07, 6.45) is 0.178. The monoisotopic (exact) mass is 265 g/mol. The number of nitrogens with zero attached hydrogens (tertiary/aromatic N) is 1. The summed E-state index contributed by atoms with van der Waals surface area (Å²) in [6, 6.07) is 7.36. The van der Waals surface area contributed by atoms with Gasteiger partial charge in [-0.1, -0.05) is 12.1 Å². The van der Waals surface area contributed by atoms with Crippen LogP contribution in [0.3, 0.4) is 0 Å². The van der Waals surface area contributed by atoms with Gasteiger partial charge in [-0.2, -0.15) is 0 Å². The predicted octanol–water partition coefficient (Wildman–Crippen LogP) is 2.03. The lowest BCUT2D eigenvalue weighted by atomic mass is 10.2. The third-order valence-corrected chi connectivity index (χ3v) is 2.64. The molecule has 0 fully saturated rings. The fourth-order valence-corrected chi connectivity index (χ4v) is 1.52. The van der Waals surface area contributed by atoms with Crippen LogP contribution in [-0.2, 0) is 11.3 Å². The number of ether oxygens (including phenoxy) is 1. The quantitative estimate of drug-likeness (QED) is 0.827. The van der Waals surface area contributed by atoms with Crippen LogP contribution in [0.25, 0.3) is 0 Å². The number of rotatable bonds is 6. The maximum atomic E-state index is 11.9. The summed E-state index contributed by atoms with van der Waals surface area (Å²) in [5.74, 6) is 0. The number of hydrogen-bond donors (Lipinski definition) is 2. The van der Waals surface area contributed by atoms with Crippen molar-refractivity contribution in [2.45, 2.75) is 26.5 Å². The lowest BCUT2D eigenvalue weighted by Gasteiger charge is -2.19. The average molecular weight is 265 g/mol. The van der Waals surface area contributed by atoms with Crippen molar-refractivity contribution in [1.82, 2.24) is 4.90 Å². The number of carbonyl (C=O) groups excluding carboxylic acids is 1. The van der Waals surface area contributed by atoms with E-state index in [9.17, 15) is 4.79 Å². The third-order valence-electron chi connectivity index (χ3n) is 2.64. The second kappa shape index (κ2) is 7.76. The van der Waals surface area contributed by atoms with Gasteiger partial charge < -0.3 is 20.7 Å². The van der Waals surface area contributed by atoms with E-state index in [0.717, 1.165) is 11.3 Å². The standard InChI is InChI=1S/C14H23N3O2/c1-11(2)19-8-7-17(3)14(18)16-13-6-4-5-12(9-13)10-15/h4-6,9,11H,7-8,10,15H2,1-3H3,(H,16,18). The first-order valence-electron chi connectivity index (χ1n) is 6.45. The van der Waals surface area contributed by atoms with Gasteiger partial charge in [-0.15, -0.1) is 0 Å². The second-order valence-electron chi connectivity index (χ2n) is 4.68. The molecule has 19 heavy (non-hydrogen) atoms. The van der Waals surface area contributed by atoms with Gasteiger partial charge in [0, 0.05) is 25.8 Å². The van der Waals surface area contributed by atoms with Crippen LogP contribution in [0.5, 0.6) is 0 Å². The largest absolute Gasteiger partial charge is 0.377 e. The molecule has 0 heterocycles. The van der Waals surface area contributed by atoms with E-state index >= 15 is 0 Å². The van der Waals surface area contributed by atoms with E-state index in [1.807, 2.05) is 38.1 Å². The van der Waals surface area contributed by atoms with Crippen LogP contribution in [0, 0.1) is 0 Å². The van der Waals surface area contributed by atoms with Gasteiger partial charge in [0.2, 0.25) is 0 Å². The normalized spacial score (nSPS) is 10.6. The van der Waals surface area contributed by atoms with Gasteiger partial charge in [-0.05, 0) is 31.5 Å². The molecule has 1 aromatic rings. The summed E-state index contributed by atoms with van der Waals surface area (Å²) in [5, 5.41) is 2.83. The number of urea groups is 1. The molecule has 5 heteroatoms. The Bertz CT molecular complexity index is 407. The van der Waals surface area contributed by atoms with E-state index in [-0.39, 0.29) is 12.1 Å². The zero-order valence-corrected chi connectivity index (χ0v) is 11.8. The molecule has 0 saturated carbocycles. The molecule has 0 aliphatic heterocycles. The first-order chi connectivity index (χ1) is 9.02. The minimum absolute atomic E-state index is 0.151. The molecule has 0 spiro atoms. The summed E-state index contributed by atoms with van der Waals surface area (Å²) in [4.78, 5) is 13.5. The van der Waals surface area contributed by atoms with Crippen LogP contribution in [0.15, 0.2) is 24.3 Å². The van der Waals surface area contributed by atoms with Crippen LogP contribution in [0.2, 0.25) is 0 Å². The molecule has 0 aromatic heterocycles. The predicted molar refractivity (Wildman–Crippen MR) is 77.1 cm³/mol. The Morgan fingerprint density at radius 2 is 2.21 bits per heavy atom. The number of amides is 2. The van der Waals surface area contributed by atoms with Crippen molar-refractivity contribution < 1.29 is 9.53 Å². The number of nitrogens with two attached hydrogens (primary N) is 1. The molecule has 1 aromatic carbocycles. The van der Waals surface area contributed by atoms with Gasteiger partial charge >= 0.3 is 6.03 Å². The summed E-state index contributed by atoms with van der Waals surface area (Å²) in [7, 11) is 1.74.